The van der Waals surface area contributed by atoms with Gasteiger partial charge in [-0.25, -0.2) is 4.98 Å². The van der Waals surface area contributed by atoms with E-state index in [0.29, 0.717) is 0 Å². The van der Waals surface area contributed by atoms with E-state index < -0.39 is 0 Å². The van der Waals surface area contributed by atoms with Crippen LogP contribution in [0.3, 0.4) is 0 Å². The zero-order chi connectivity index (χ0) is 5.98. The average Bonchev–Trinajstić information content (AvgIpc) is 2.12. The fraction of sp³-hybridized carbons (Fsp3) is 0. The van der Waals surface area contributed by atoms with Crippen molar-refractivity contribution < 1.29 is 0 Å². The lowest BCUT2D eigenvalue weighted by Crippen LogP contribution is -2.18. The fourth-order valence-electron chi connectivity index (χ4n) is 0.402. The predicted octanol–water partition coefficient (Wildman–Crippen LogP) is -0.375. The van der Waals surface area contributed by atoms with Gasteiger partial charge in [0, 0.05) is 12.4 Å². The Hall–Kier alpha value is -1.32. The van der Waals surface area contributed by atoms with Crippen LogP contribution in [-0.4, -0.2) is 15.5 Å². The third-order valence-corrected chi connectivity index (χ3v) is 0.783. The number of nitrogen functional groups attached to an aromatic ring is 1. The molecule has 0 aliphatic carbocycles. The Bertz CT molecular complexity index is 176. The van der Waals surface area contributed by atoms with E-state index in [-0.39, 0.29) is 5.96 Å². The zero-order valence-electron chi connectivity index (χ0n) is 4.20. The molecular weight excluding hydrogens is 104 g/mol. The predicted molar refractivity (Wildman–Crippen MR) is 29.5 cm³/mol. The molecule has 0 atom stereocenters. The van der Waals surface area contributed by atoms with Crippen LogP contribution in [0.4, 0.5) is 0 Å². The van der Waals surface area contributed by atoms with E-state index >= 15 is 0 Å². The molecule has 42 valence electrons. The molecule has 4 heteroatoms. The summed E-state index contributed by atoms with van der Waals surface area (Å²) in [6.45, 7) is 0. The number of hydrogen-bond donors (Lipinski definition) is 2. The van der Waals surface area contributed by atoms with E-state index in [1.165, 1.54) is 10.9 Å². The minimum atomic E-state index is -0.0116. The van der Waals surface area contributed by atoms with E-state index in [1.54, 1.807) is 12.4 Å². The van der Waals surface area contributed by atoms with Gasteiger partial charge in [-0.1, -0.05) is 0 Å². The highest BCUT2D eigenvalue weighted by Crippen LogP contribution is 1.78. The molecule has 4 nitrogen and oxygen atoms in total. The Balaban J connectivity index is 2.93. The molecule has 8 heavy (non-hydrogen) atoms. The summed E-state index contributed by atoms with van der Waals surface area (Å²) in [6.07, 6.45) is 4.66. The SMILES string of the molecule is N=C(N)n1ccnc1. The molecule has 0 unspecified atom stereocenters. The summed E-state index contributed by atoms with van der Waals surface area (Å²) in [5, 5.41) is 6.85. The Morgan fingerprint density at radius 3 is 2.75 bits per heavy atom. The maximum absolute atomic E-state index is 6.85. The molecule has 1 rings (SSSR count). The van der Waals surface area contributed by atoms with Crippen molar-refractivity contribution in [3.05, 3.63) is 18.7 Å². The molecule has 1 aromatic heterocycles. The molecule has 0 fully saturated rings. The Labute approximate surface area is 46.5 Å². The summed E-state index contributed by atoms with van der Waals surface area (Å²) in [4.78, 5) is 3.69. The van der Waals surface area contributed by atoms with Crippen LogP contribution in [0.2, 0.25) is 0 Å². The highest BCUT2D eigenvalue weighted by Gasteiger charge is 1.86. The monoisotopic (exact) mass is 110 g/mol. The minimum absolute atomic E-state index is 0.0116. The van der Waals surface area contributed by atoms with Crippen molar-refractivity contribution in [1.82, 2.24) is 9.55 Å². The summed E-state index contributed by atoms with van der Waals surface area (Å²) in [6, 6.07) is 0. The van der Waals surface area contributed by atoms with Gasteiger partial charge in [0.15, 0.2) is 5.96 Å². The lowest BCUT2D eigenvalue weighted by atomic mass is 10.8. The van der Waals surface area contributed by atoms with Crippen LogP contribution in [0.1, 0.15) is 0 Å². The van der Waals surface area contributed by atoms with Crippen molar-refractivity contribution in [2.45, 2.75) is 0 Å². The van der Waals surface area contributed by atoms with Gasteiger partial charge in [0.1, 0.15) is 6.33 Å². The highest BCUT2D eigenvalue weighted by molar-refractivity contribution is 5.76. The van der Waals surface area contributed by atoms with Gasteiger partial charge >= 0.3 is 0 Å². The van der Waals surface area contributed by atoms with E-state index in [4.69, 9.17) is 11.1 Å². The number of rotatable bonds is 0. The number of imidazole rings is 1. The third-order valence-electron chi connectivity index (χ3n) is 0.783. The summed E-state index contributed by atoms with van der Waals surface area (Å²) >= 11 is 0. The molecule has 1 aromatic rings. The second kappa shape index (κ2) is 1.65. The minimum Gasteiger partial charge on any atom is -0.369 e. The fourth-order valence-corrected chi connectivity index (χ4v) is 0.402. The quantitative estimate of drug-likeness (QED) is 0.353. The van der Waals surface area contributed by atoms with Crippen LogP contribution >= 0.6 is 0 Å². The maximum atomic E-state index is 6.85. The molecular formula is C4H6N4. The summed E-state index contributed by atoms with van der Waals surface area (Å²) in [7, 11) is 0. The smallest absolute Gasteiger partial charge is 0.197 e. The average molecular weight is 110 g/mol. The van der Waals surface area contributed by atoms with Crippen molar-refractivity contribution in [1.29, 1.82) is 5.41 Å². The lowest BCUT2D eigenvalue weighted by Gasteiger charge is -1.91. The van der Waals surface area contributed by atoms with E-state index in [0.717, 1.165) is 0 Å². The second-order valence-corrected chi connectivity index (χ2v) is 1.36. The van der Waals surface area contributed by atoms with Crippen molar-refractivity contribution in [2.75, 3.05) is 0 Å². The molecule has 0 spiro atoms. The highest BCUT2D eigenvalue weighted by atomic mass is 15.1. The first-order valence-electron chi connectivity index (χ1n) is 2.13. The van der Waals surface area contributed by atoms with Crippen LogP contribution in [0.25, 0.3) is 0 Å². The Kier molecular flexibility index (Phi) is 0.997. The molecule has 0 amide bonds. The van der Waals surface area contributed by atoms with E-state index in [1.807, 2.05) is 0 Å². The molecule has 0 saturated heterocycles. The van der Waals surface area contributed by atoms with Crippen molar-refractivity contribution in [2.24, 2.45) is 5.73 Å². The van der Waals surface area contributed by atoms with Gasteiger partial charge in [0.05, 0.1) is 0 Å². The van der Waals surface area contributed by atoms with E-state index in [9.17, 15) is 0 Å². The normalized spacial score (nSPS) is 9.00. The molecule has 0 aliphatic heterocycles. The lowest BCUT2D eigenvalue weighted by molar-refractivity contribution is 1.08. The number of hydrogen-bond acceptors (Lipinski definition) is 2. The number of aromatic nitrogens is 2. The van der Waals surface area contributed by atoms with Crippen molar-refractivity contribution in [3.8, 4) is 0 Å². The summed E-state index contributed by atoms with van der Waals surface area (Å²) < 4.78 is 1.42. The molecule has 0 saturated carbocycles. The van der Waals surface area contributed by atoms with Crippen LogP contribution < -0.4 is 5.73 Å². The standard InChI is InChI=1S/C4H6N4/c5-4(6)8-2-1-7-3-8/h1-3H,(H3,5,6). The van der Waals surface area contributed by atoms with E-state index in [2.05, 4.69) is 4.98 Å². The molecule has 0 aromatic carbocycles. The van der Waals surface area contributed by atoms with Gasteiger partial charge in [-0.3, -0.25) is 9.98 Å². The third kappa shape index (κ3) is 0.676. The van der Waals surface area contributed by atoms with Crippen molar-refractivity contribution in [3.63, 3.8) is 0 Å². The largest absolute Gasteiger partial charge is 0.369 e. The van der Waals surface area contributed by atoms with Gasteiger partial charge in [-0.2, -0.15) is 0 Å². The number of nitrogens with zero attached hydrogens (tertiary/aromatic N) is 2. The first-order chi connectivity index (χ1) is 3.80. The second-order valence-electron chi connectivity index (χ2n) is 1.36. The molecule has 1 heterocycles. The zero-order valence-corrected chi connectivity index (χ0v) is 4.20. The molecule has 0 aliphatic rings. The van der Waals surface area contributed by atoms with Crippen LogP contribution in [0, 0.1) is 5.41 Å². The van der Waals surface area contributed by atoms with Gasteiger partial charge in [0.2, 0.25) is 0 Å². The van der Waals surface area contributed by atoms with Crippen LogP contribution in [0.15, 0.2) is 18.7 Å². The number of nitrogens with one attached hydrogen (secondary N) is 1. The van der Waals surface area contributed by atoms with Gasteiger partial charge in [0.25, 0.3) is 0 Å². The van der Waals surface area contributed by atoms with Gasteiger partial charge in [-0.05, 0) is 0 Å². The summed E-state index contributed by atoms with van der Waals surface area (Å²) in [5.74, 6) is -0.0116. The molecule has 0 bridgehead atoms. The first-order valence-corrected chi connectivity index (χ1v) is 2.13. The topological polar surface area (TPSA) is 67.7 Å². The van der Waals surface area contributed by atoms with Gasteiger partial charge in [-0.15, -0.1) is 0 Å². The maximum Gasteiger partial charge on any atom is 0.197 e. The van der Waals surface area contributed by atoms with Gasteiger partial charge < -0.3 is 5.73 Å². The first kappa shape index (κ1) is 4.83. The summed E-state index contributed by atoms with van der Waals surface area (Å²) in [5.41, 5.74) is 5.06. The molecule has 3 N–H and O–H groups in total. The van der Waals surface area contributed by atoms with Crippen LogP contribution in [0.5, 0.6) is 0 Å². The van der Waals surface area contributed by atoms with Crippen molar-refractivity contribution >= 4 is 5.96 Å². The molecule has 0 radical (unpaired) electrons. The van der Waals surface area contributed by atoms with Crippen LogP contribution in [-0.2, 0) is 0 Å². The number of nitrogens with two attached hydrogens (primary N) is 1. The Morgan fingerprint density at radius 1 is 1.75 bits per heavy atom. The Morgan fingerprint density at radius 2 is 2.50 bits per heavy atom.